The number of imidazole rings is 1. The Morgan fingerprint density at radius 1 is 1.05 bits per heavy atom. The Bertz CT molecular complexity index is 1420. The first-order valence-electron chi connectivity index (χ1n) is 13.6. The Hall–Kier alpha value is -2.51. The van der Waals surface area contributed by atoms with Crippen molar-refractivity contribution in [1.82, 2.24) is 9.55 Å². The first-order valence-corrected chi connectivity index (χ1v) is 15.3. The molecule has 1 N–H and O–H groups in total. The van der Waals surface area contributed by atoms with Crippen molar-refractivity contribution < 1.29 is 17.9 Å². The second kappa shape index (κ2) is 8.50. The summed E-state index contributed by atoms with van der Waals surface area (Å²) < 4.78 is 42.9. The minimum absolute atomic E-state index is 0.153. The first-order chi connectivity index (χ1) is 17.8. The number of hydrogen-bond acceptors (Lipinski definition) is 4. The van der Waals surface area contributed by atoms with Crippen molar-refractivity contribution in [2.75, 3.05) is 5.75 Å². The van der Waals surface area contributed by atoms with E-state index < -0.39 is 15.9 Å². The van der Waals surface area contributed by atoms with Crippen LogP contribution in [0, 0.1) is 34.9 Å². The number of aromatic nitrogens is 2. The molecule has 0 saturated heterocycles. The van der Waals surface area contributed by atoms with Crippen LogP contribution in [0.3, 0.4) is 0 Å². The summed E-state index contributed by atoms with van der Waals surface area (Å²) in [6.45, 7) is 0. The van der Waals surface area contributed by atoms with Crippen molar-refractivity contribution in [3.63, 3.8) is 0 Å². The zero-order valence-corrected chi connectivity index (χ0v) is 21.7. The Morgan fingerprint density at radius 2 is 1.81 bits per heavy atom. The average Bonchev–Trinajstić information content (AvgIpc) is 3.47. The third kappa shape index (κ3) is 3.72. The van der Waals surface area contributed by atoms with E-state index >= 15 is 0 Å². The molecule has 0 spiro atoms. The molecule has 4 saturated carbocycles. The molecule has 5 nitrogen and oxygen atoms in total. The summed E-state index contributed by atoms with van der Waals surface area (Å²) in [4.78, 5) is 4.71. The van der Waals surface area contributed by atoms with E-state index in [1.165, 1.54) is 6.07 Å². The van der Waals surface area contributed by atoms with Crippen LogP contribution in [0.4, 0.5) is 4.39 Å². The van der Waals surface area contributed by atoms with Gasteiger partial charge in [-0.15, -0.1) is 0 Å². The smallest absolute Gasteiger partial charge is 0.178 e. The lowest BCUT2D eigenvalue weighted by molar-refractivity contribution is -0.150. The topological polar surface area (TPSA) is 72.2 Å². The van der Waals surface area contributed by atoms with Gasteiger partial charge in [0.1, 0.15) is 5.82 Å². The molecule has 2 heterocycles. The zero-order valence-electron chi connectivity index (χ0n) is 20.8. The third-order valence-electron chi connectivity index (χ3n) is 10.2. The fourth-order valence-corrected chi connectivity index (χ4v) is 10.2. The molecule has 194 valence electrons. The monoisotopic (exact) mass is 520 g/mol. The molecule has 8 rings (SSSR count). The number of aliphatic hydroxyl groups is 1. The molecule has 4 bridgehead atoms. The van der Waals surface area contributed by atoms with Gasteiger partial charge in [-0.3, -0.25) is 0 Å². The summed E-state index contributed by atoms with van der Waals surface area (Å²) in [6.07, 6.45) is 9.42. The Morgan fingerprint density at radius 3 is 2.57 bits per heavy atom. The molecular formula is C30H33FN2O3S. The largest absolute Gasteiger partial charge is 0.392 e. The average molecular weight is 521 g/mol. The summed E-state index contributed by atoms with van der Waals surface area (Å²) >= 11 is 0. The van der Waals surface area contributed by atoms with E-state index in [-0.39, 0.29) is 23.0 Å². The Kier molecular flexibility index (Phi) is 5.42. The molecule has 4 atom stereocenters. The van der Waals surface area contributed by atoms with Gasteiger partial charge < -0.3 is 9.67 Å². The SMILES string of the molecule is O=S(=O)(CCC1C2CC3CC1CC(C(O)CC1c4c(F)cccc4-c4cncn41)(C3)C2)c1ccccc1. The number of sulfone groups is 1. The lowest BCUT2D eigenvalue weighted by Gasteiger charge is -2.62. The normalized spacial score (nSPS) is 32.3. The minimum atomic E-state index is -3.29. The summed E-state index contributed by atoms with van der Waals surface area (Å²) in [6, 6.07) is 13.7. The van der Waals surface area contributed by atoms with Gasteiger partial charge >= 0.3 is 0 Å². The number of halogens is 1. The zero-order chi connectivity index (χ0) is 25.4. The van der Waals surface area contributed by atoms with E-state index in [2.05, 4.69) is 4.98 Å². The molecule has 7 heteroatoms. The van der Waals surface area contributed by atoms with Crippen LogP contribution in [-0.2, 0) is 9.84 Å². The number of nitrogens with zero attached hydrogens (tertiary/aromatic N) is 2. The highest BCUT2D eigenvalue weighted by molar-refractivity contribution is 7.91. The molecule has 5 aliphatic rings. The molecular weight excluding hydrogens is 487 g/mol. The predicted molar refractivity (Wildman–Crippen MR) is 139 cm³/mol. The summed E-state index contributed by atoms with van der Waals surface area (Å²) in [5, 5.41) is 11.8. The molecule has 4 unspecified atom stereocenters. The van der Waals surface area contributed by atoms with E-state index in [4.69, 9.17) is 0 Å². The van der Waals surface area contributed by atoms with Crippen LogP contribution in [0.2, 0.25) is 0 Å². The highest BCUT2D eigenvalue weighted by atomic mass is 32.2. The van der Waals surface area contributed by atoms with Gasteiger partial charge in [-0.25, -0.2) is 17.8 Å². The van der Waals surface area contributed by atoms with Crippen molar-refractivity contribution >= 4 is 9.84 Å². The highest BCUT2D eigenvalue weighted by Gasteiger charge is 2.58. The summed E-state index contributed by atoms with van der Waals surface area (Å²) in [5.74, 6) is 1.90. The molecule has 0 amide bonds. The molecule has 1 aliphatic heterocycles. The van der Waals surface area contributed by atoms with Crippen molar-refractivity contribution in [3.05, 3.63) is 72.4 Å². The number of benzene rings is 2. The van der Waals surface area contributed by atoms with Crippen molar-refractivity contribution in [3.8, 4) is 11.3 Å². The summed E-state index contributed by atoms with van der Waals surface area (Å²) in [5.41, 5.74) is 2.31. The number of rotatable bonds is 7. The van der Waals surface area contributed by atoms with Crippen LogP contribution in [0.5, 0.6) is 0 Å². The van der Waals surface area contributed by atoms with E-state index in [0.717, 1.165) is 43.4 Å². The second-order valence-corrected chi connectivity index (χ2v) is 14.2. The maximum atomic E-state index is 15.0. The number of hydrogen-bond donors (Lipinski definition) is 1. The lowest BCUT2D eigenvalue weighted by atomic mass is 9.44. The van der Waals surface area contributed by atoms with E-state index in [1.807, 2.05) is 16.7 Å². The van der Waals surface area contributed by atoms with Crippen LogP contribution < -0.4 is 0 Å². The second-order valence-electron chi connectivity index (χ2n) is 12.1. The van der Waals surface area contributed by atoms with Gasteiger partial charge in [-0.1, -0.05) is 30.3 Å². The predicted octanol–water partition coefficient (Wildman–Crippen LogP) is 5.65. The van der Waals surface area contributed by atoms with Crippen molar-refractivity contribution in [2.24, 2.45) is 29.1 Å². The van der Waals surface area contributed by atoms with E-state index in [1.54, 1.807) is 42.9 Å². The van der Waals surface area contributed by atoms with Crippen LogP contribution >= 0.6 is 0 Å². The van der Waals surface area contributed by atoms with Crippen molar-refractivity contribution in [2.45, 2.75) is 62.0 Å². The van der Waals surface area contributed by atoms with Crippen LogP contribution in [-0.4, -0.2) is 34.9 Å². The molecule has 2 aromatic carbocycles. The fraction of sp³-hybridized carbons (Fsp3) is 0.500. The number of aliphatic hydroxyl groups excluding tert-OH is 1. The minimum Gasteiger partial charge on any atom is -0.392 e. The Labute approximate surface area is 217 Å². The maximum absolute atomic E-state index is 15.0. The lowest BCUT2D eigenvalue weighted by Crippen LogP contribution is -2.55. The molecule has 3 aromatic rings. The molecule has 4 fully saturated rings. The first kappa shape index (κ1) is 23.6. The maximum Gasteiger partial charge on any atom is 0.178 e. The van der Waals surface area contributed by atoms with Gasteiger partial charge in [0.15, 0.2) is 9.84 Å². The van der Waals surface area contributed by atoms with Gasteiger partial charge in [0.25, 0.3) is 0 Å². The molecule has 4 aliphatic carbocycles. The summed E-state index contributed by atoms with van der Waals surface area (Å²) in [7, 11) is -3.29. The fourth-order valence-electron chi connectivity index (χ4n) is 8.80. The van der Waals surface area contributed by atoms with Crippen LogP contribution in [0.1, 0.15) is 56.6 Å². The third-order valence-corrected chi connectivity index (χ3v) is 11.9. The molecule has 1 aromatic heterocycles. The quantitative estimate of drug-likeness (QED) is 0.437. The Balaban J connectivity index is 1.10. The van der Waals surface area contributed by atoms with Gasteiger partial charge in [0, 0.05) is 11.1 Å². The van der Waals surface area contributed by atoms with E-state index in [0.29, 0.717) is 47.0 Å². The number of fused-ring (bicyclic) bond motifs is 3. The molecule has 37 heavy (non-hydrogen) atoms. The van der Waals surface area contributed by atoms with Crippen molar-refractivity contribution in [1.29, 1.82) is 0 Å². The van der Waals surface area contributed by atoms with E-state index in [9.17, 15) is 17.9 Å². The van der Waals surface area contributed by atoms with Crippen LogP contribution in [0.25, 0.3) is 11.3 Å². The standard InChI is InChI=1S/C30H33FN2O3S/c31-25-8-4-7-24-27-17-32-18-33(27)26(29(24)25)13-28(34)30-14-19-11-20(15-30)23(21(12-19)16-30)9-10-37(35,36)22-5-2-1-3-6-22/h1-8,17-21,23,26,28,34H,9-16H2. The molecule has 0 radical (unpaired) electrons. The van der Waals surface area contributed by atoms with Crippen LogP contribution in [0.15, 0.2) is 66.0 Å². The van der Waals surface area contributed by atoms with Gasteiger partial charge in [0.2, 0.25) is 0 Å². The highest BCUT2D eigenvalue weighted by Crippen LogP contribution is 2.65. The van der Waals surface area contributed by atoms with Gasteiger partial charge in [0.05, 0.1) is 41.0 Å². The van der Waals surface area contributed by atoms with Gasteiger partial charge in [-0.2, -0.15) is 0 Å². The van der Waals surface area contributed by atoms with Gasteiger partial charge in [-0.05, 0) is 92.2 Å².